The molecule has 1 fully saturated rings. The summed E-state index contributed by atoms with van der Waals surface area (Å²) in [5.74, 6) is 0.411. The van der Waals surface area contributed by atoms with Crippen molar-refractivity contribution >= 4 is 11.7 Å². The lowest BCUT2D eigenvalue weighted by Crippen LogP contribution is -2.67. The highest BCUT2D eigenvalue weighted by Crippen LogP contribution is 2.28. The molecule has 1 aromatic rings. The van der Waals surface area contributed by atoms with Gasteiger partial charge >= 0.3 is 0 Å². The van der Waals surface area contributed by atoms with Gasteiger partial charge in [0, 0.05) is 18.5 Å². The maximum absolute atomic E-state index is 11.7. The topological polar surface area (TPSA) is 118 Å². The molecule has 0 radical (unpaired) electrons. The summed E-state index contributed by atoms with van der Waals surface area (Å²) in [5, 5.41) is 39.4. The van der Waals surface area contributed by atoms with Gasteiger partial charge in [-0.15, -0.1) is 0 Å². The van der Waals surface area contributed by atoms with E-state index in [1.807, 2.05) is 30.3 Å². The maximum atomic E-state index is 11.7. The van der Waals surface area contributed by atoms with Gasteiger partial charge in [-0.3, -0.25) is 4.79 Å². The van der Waals surface area contributed by atoms with E-state index >= 15 is 0 Å². The standard InChI is InChI=1S/C20H30N4O5/c1-4-12(2)23-11-24(22-19(23)14-8-6-5-7-9-14)20-16(21-13(3)26)18(28)17(27)15(10-25)29-20/h5-9,12,15-18,20,25,27-28H,4,10-11H2,1-3H3,(H,21,26)/t12?,15-,16-,17-,18-,20-/m1/s1. The zero-order valence-electron chi connectivity index (χ0n) is 17.0. The van der Waals surface area contributed by atoms with Crippen molar-refractivity contribution in [3.8, 4) is 0 Å². The molecule has 4 N–H and O–H groups in total. The third-order valence-electron chi connectivity index (χ3n) is 5.51. The molecule has 2 aliphatic rings. The van der Waals surface area contributed by atoms with Gasteiger partial charge in [-0.1, -0.05) is 37.3 Å². The molecule has 0 saturated carbocycles. The van der Waals surface area contributed by atoms with Crippen LogP contribution in [0.25, 0.3) is 0 Å². The second kappa shape index (κ2) is 9.08. The number of amides is 1. The molecule has 1 amide bonds. The number of amidine groups is 1. The molecule has 1 saturated heterocycles. The number of hydrogen-bond acceptors (Lipinski definition) is 8. The van der Waals surface area contributed by atoms with E-state index in [1.165, 1.54) is 6.92 Å². The lowest BCUT2D eigenvalue weighted by molar-refractivity contribution is -0.233. The Labute approximate surface area is 170 Å². The van der Waals surface area contributed by atoms with Crippen molar-refractivity contribution in [2.24, 2.45) is 5.10 Å². The molecular weight excluding hydrogens is 376 g/mol. The minimum atomic E-state index is -1.32. The number of benzene rings is 1. The largest absolute Gasteiger partial charge is 0.394 e. The fourth-order valence-corrected chi connectivity index (χ4v) is 3.69. The SMILES string of the molecule is CCC(C)N1CN([C@@H]2O[C@H](CO)[C@@H](O)[C@H](O)[C@H]2NC(C)=O)N=C1c1ccccc1. The first-order valence-electron chi connectivity index (χ1n) is 9.94. The summed E-state index contributed by atoms with van der Waals surface area (Å²) in [6.07, 6.45) is -3.54. The zero-order valence-corrected chi connectivity index (χ0v) is 17.0. The Kier molecular flexibility index (Phi) is 6.74. The van der Waals surface area contributed by atoms with E-state index in [0.29, 0.717) is 6.67 Å². The van der Waals surface area contributed by atoms with Crippen molar-refractivity contribution in [2.45, 2.75) is 63.8 Å². The number of aliphatic hydroxyl groups excluding tert-OH is 3. The van der Waals surface area contributed by atoms with Gasteiger partial charge < -0.3 is 30.3 Å². The Morgan fingerprint density at radius 2 is 2.00 bits per heavy atom. The molecule has 160 valence electrons. The van der Waals surface area contributed by atoms with Gasteiger partial charge in [-0.25, -0.2) is 5.01 Å². The van der Waals surface area contributed by atoms with Crippen molar-refractivity contribution in [3.05, 3.63) is 35.9 Å². The number of ether oxygens (including phenoxy) is 1. The molecular formula is C20H30N4O5. The van der Waals surface area contributed by atoms with E-state index in [0.717, 1.165) is 17.8 Å². The fourth-order valence-electron chi connectivity index (χ4n) is 3.69. The van der Waals surface area contributed by atoms with Crippen LogP contribution < -0.4 is 5.32 Å². The molecule has 0 spiro atoms. The second-order valence-electron chi connectivity index (χ2n) is 7.55. The minimum absolute atomic E-state index is 0.200. The Morgan fingerprint density at radius 3 is 2.59 bits per heavy atom. The monoisotopic (exact) mass is 406 g/mol. The number of nitrogens with one attached hydrogen (secondary N) is 1. The summed E-state index contributed by atoms with van der Waals surface area (Å²) in [5.41, 5.74) is 0.946. The third-order valence-corrected chi connectivity index (χ3v) is 5.51. The molecule has 29 heavy (non-hydrogen) atoms. The number of aliphatic hydroxyl groups is 3. The number of rotatable bonds is 6. The molecule has 2 heterocycles. The van der Waals surface area contributed by atoms with Crippen molar-refractivity contribution in [2.75, 3.05) is 13.3 Å². The van der Waals surface area contributed by atoms with Crippen molar-refractivity contribution < 1.29 is 24.9 Å². The van der Waals surface area contributed by atoms with Gasteiger partial charge in [0.25, 0.3) is 0 Å². The molecule has 0 bridgehead atoms. The summed E-state index contributed by atoms with van der Waals surface area (Å²) >= 11 is 0. The molecule has 1 aromatic carbocycles. The van der Waals surface area contributed by atoms with Crippen molar-refractivity contribution in [3.63, 3.8) is 0 Å². The molecule has 6 atom stereocenters. The first-order chi connectivity index (χ1) is 13.9. The highest BCUT2D eigenvalue weighted by molar-refractivity contribution is 5.99. The van der Waals surface area contributed by atoms with Crippen LogP contribution >= 0.6 is 0 Å². The Morgan fingerprint density at radius 1 is 1.31 bits per heavy atom. The molecule has 0 aliphatic carbocycles. The number of carbonyl (C=O) groups excluding carboxylic acids is 1. The van der Waals surface area contributed by atoms with Crippen molar-refractivity contribution in [1.82, 2.24) is 15.2 Å². The number of carbonyl (C=O) groups is 1. The molecule has 9 heteroatoms. The summed E-state index contributed by atoms with van der Waals surface area (Å²) in [6.45, 7) is 5.46. The van der Waals surface area contributed by atoms with Gasteiger partial charge in [0.1, 0.15) is 31.0 Å². The smallest absolute Gasteiger partial charge is 0.217 e. The van der Waals surface area contributed by atoms with Gasteiger partial charge in [0.2, 0.25) is 5.91 Å². The Bertz CT molecular complexity index is 731. The van der Waals surface area contributed by atoms with Crippen LogP contribution in [0.15, 0.2) is 35.4 Å². The Balaban J connectivity index is 1.95. The highest BCUT2D eigenvalue weighted by Gasteiger charge is 2.48. The van der Waals surface area contributed by atoms with Crippen molar-refractivity contribution in [1.29, 1.82) is 0 Å². The van der Waals surface area contributed by atoms with Crippen LogP contribution in [-0.4, -0.2) is 86.9 Å². The summed E-state index contributed by atoms with van der Waals surface area (Å²) < 4.78 is 5.88. The highest BCUT2D eigenvalue weighted by atomic mass is 16.5. The summed E-state index contributed by atoms with van der Waals surface area (Å²) in [7, 11) is 0. The number of nitrogens with zero attached hydrogens (tertiary/aromatic N) is 3. The number of hydrazone groups is 1. The van der Waals surface area contributed by atoms with Crippen LogP contribution in [0, 0.1) is 0 Å². The van der Waals surface area contributed by atoms with E-state index in [9.17, 15) is 20.1 Å². The van der Waals surface area contributed by atoms with Crippen LogP contribution in [-0.2, 0) is 9.53 Å². The van der Waals surface area contributed by atoms with Gasteiger partial charge in [-0.2, -0.15) is 5.10 Å². The fraction of sp³-hybridized carbons (Fsp3) is 0.600. The minimum Gasteiger partial charge on any atom is -0.394 e. The normalized spacial score (nSPS) is 30.8. The van der Waals surface area contributed by atoms with Gasteiger partial charge in [0.15, 0.2) is 12.1 Å². The Hall–Kier alpha value is -2.20. The van der Waals surface area contributed by atoms with Crippen LogP contribution in [0.5, 0.6) is 0 Å². The first-order valence-corrected chi connectivity index (χ1v) is 9.94. The van der Waals surface area contributed by atoms with E-state index in [4.69, 9.17) is 9.84 Å². The lowest BCUT2D eigenvalue weighted by atomic mass is 9.95. The average Bonchev–Trinajstić information content (AvgIpc) is 3.16. The van der Waals surface area contributed by atoms with Crippen LogP contribution in [0.1, 0.15) is 32.8 Å². The molecule has 0 aromatic heterocycles. The first kappa shape index (κ1) is 21.5. The second-order valence-corrected chi connectivity index (χ2v) is 7.55. The van der Waals surface area contributed by atoms with E-state index in [-0.39, 0.29) is 11.9 Å². The quantitative estimate of drug-likeness (QED) is 0.511. The van der Waals surface area contributed by atoms with Gasteiger partial charge in [-0.05, 0) is 13.3 Å². The van der Waals surface area contributed by atoms with E-state index in [1.54, 1.807) is 5.01 Å². The van der Waals surface area contributed by atoms with E-state index < -0.39 is 37.2 Å². The maximum Gasteiger partial charge on any atom is 0.217 e. The molecule has 9 nitrogen and oxygen atoms in total. The number of hydrogen-bond donors (Lipinski definition) is 4. The lowest BCUT2D eigenvalue weighted by Gasteiger charge is -2.45. The van der Waals surface area contributed by atoms with Crippen LogP contribution in [0.2, 0.25) is 0 Å². The average molecular weight is 406 g/mol. The van der Waals surface area contributed by atoms with Crippen LogP contribution in [0.4, 0.5) is 0 Å². The van der Waals surface area contributed by atoms with E-state index in [2.05, 4.69) is 24.1 Å². The molecule has 2 aliphatic heterocycles. The van der Waals surface area contributed by atoms with Crippen LogP contribution in [0.3, 0.4) is 0 Å². The summed E-state index contributed by atoms with van der Waals surface area (Å²) in [4.78, 5) is 13.8. The zero-order chi connectivity index (χ0) is 21.1. The molecule has 3 rings (SSSR count). The third kappa shape index (κ3) is 4.37. The predicted octanol–water partition coefficient (Wildman–Crippen LogP) is -0.334. The summed E-state index contributed by atoms with van der Waals surface area (Å²) in [6, 6.07) is 9.06. The van der Waals surface area contributed by atoms with Gasteiger partial charge in [0.05, 0.1) is 6.61 Å². The predicted molar refractivity (Wildman–Crippen MR) is 107 cm³/mol. The molecule has 1 unspecified atom stereocenters.